The van der Waals surface area contributed by atoms with Crippen molar-refractivity contribution >= 4 is 29.5 Å². The van der Waals surface area contributed by atoms with Gasteiger partial charge in [0.05, 0.1) is 11.9 Å². The average molecular weight is 470 g/mol. The van der Waals surface area contributed by atoms with E-state index in [1.54, 1.807) is 24.3 Å². The lowest BCUT2D eigenvalue weighted by Crippen LogP contribution is -2.57. The first-order valence-electron chi connectivity index (χ1n) is 10.9. The molecule has 8 heteroatoms. The van der Waals surface area contributed by atoms with Gasteiger partial charge in [0.15, 0.2) is 6.10 Å². The van der Waals surface area contributed by atoms with Crippen LogP contribution in [0.1, 0.15) is 36.7 Å². The molecule has 0 saturated carbocycles. The highest BCUT2D eigenvalue weighted by atomic mass is 32.2. The molecule has 2 aromatic rings. The third-order valence-electron chi connectivity index (χ3n) is 5.25. The summed E-state index contributed by atoms with van der Waals surface area (Å²) in [5.74, 6) is -0.423. The fourth-order valence-corrected chi connectivity index (χ4v) is 4.79. The molecule has 0 aliphatic carbocycles. The van der Waals surface area contributed by atoms with E-state index in [0.717, 1.165) is 5.56 Å². The summed E-state index contributed by atoms with van der Waals surface area (Å²) >= 11 is 1.46. The van der Waals surface area contributed by atoms with Crippen LogP contribution < -0.4 is 10.6 Å². The molecule has 1 fully saturated rings. The third kappa shape index (κ3) is 6.82. The van der Waals surface area contributed by atoms with Crippen LogP contribution in [0.3, 0.4) is 0 Å². The van der Waals surface area contributed by atoms with Crippen LogP contribution in [0.2, 0.25) is 0 Å². The van der Waals surface area contributed by atoms with Crippen molar-refractivity contribution in [3.05, 3.63) is 71.8 Å². The Morgan fingerprint density at radius 2 is 1.67 bits per heavy atom. The Kier molecular flexibility index (Phi) is 8.15. The van der Waals surface area contributed by atoms with Gasteiger partial charge in [0, 0.05) is 16.9 Å². The molecule has 3 rings (SSSR count). The first-order chi connectivity index (χ1) is 15.7. The number of aliphatic hydroxyl groups is 1. The van der Waals surface area contributed by atoms with E-state index in [1.165, 1.54) is 16.7 Å². The molecule has 0 aromatic heterocycles. The molecule has 1 heterocycles. The maximum atomic E-state index is 13.3. The second-order valence-electron chi connectivity index (χ2n) is 9.14. The molecule has 1 aliphatic rings. The maximum Gasteiger partial charge on any atom is 0.254 e. The normalized spacial score (nSPS) is 17.8. The number of hydrogen-bond donors (Lipinski definition) is 3. The van der Waals surface area contributed by atoms with Crippen LogP contribution in [0, 0.1) is 0 Å². The van der Waals surface area contributed by atoms with Gasteiger partial charge >= 0.3 is 0 Å². The van der Waals surface area contributed by atoms with Gasteiger partial charge in [0.2, 0.25) is 5.91 Å². The highest BCUT2D eigenvalue weighted by molar-refractivity contribution is 7.99. The summed E-state index contributed by atoms with van der Waals surface area (Å²) < 4.78 is 0. The van der Waals surface area contributed by atoms with E-state index in [0.29, 0.717) is 17.2 Å². The predicted molar refractivity (Wildman–Crippen MR) is 130 cm³/mol. The van der Waals surface area contributed by atoms with Gasteiger partial charge in [0.1, 0.15) is 6.04 Å². The number of thioether (sulfide) groups is 1. The molecule has 0 unspecified atom stereocenters. The smallest absolute Gasteiger partial charge is 0.254 e. The third-order valence-corrected chi connectivity index (χ3v) is 6.26. The lowest BCUT2D eigenvalue weighted by atomic mass is 9.99. The van der Waals surface area contributed by atoms with Crippen LogP contribution in [-0.2, 0) is 16.0 Å². The summed E-state index contributed by atoms with van der Waals surface area (Å²) in [4.78, 5) is 40.3. The van der Waals surface area contributed by atoms with E-state index in [-0.39, 0.29) is 18.2 Å². The Balaban J connectivity index is 1.79. The van der Waals surface area contributed by atoms with Crippen molar-refractivity contribution in [3.63, 3.8) is 0 Å². The number of carbonyl (C=O) groups excluding carboxylic acids is 3. The molecular weight excluding hydrogens is 438 g/mol. The summed E-state index contributed by atoms with van der Waals surface area (Å²) in [6, 6.07) is 16.5. The number of amides is 3. The molecule has 176 valence electrons. The van der Waals surface area contributed by atoms with E-state index >= 15 is 0 Å². The number of nitrogens with zero attached hydrogens (tertiary/aromatic N) is 1. The lowest BCUT2D eigenvalue weighted by molar-refractivity contribution is -0.146. The average Bonchev–Trinajstić information content (AvgIpc) is 3.28. The van der Waals surface area contributed by atoms with Crippen molar-refractivity contribution < 1.29 is 19.5 Å². The molecular formula is C25H31N3O4S. The fourth-order valence-electron chi connectivity index (χ4n) is 3.62. The number of hydrogen-bond acceptors (Lipinski definition) is 5. The van der Waals surface area contributed by atoms with E-state index in [2.05, 4.69) is 10.6 Å². The Labute approximate surface area is 198 Å². The summed E-state index contributed by atoms with van der Waals surface area (Å²) in [7, 11) is 0. The molecule has 1 saturated heterocycles. The Hall–Kier alpha value is -2.84. The van der Waals surface area contributed by atoms with E-state index in [9.17, 15) is 19.5 Å². The van der Waals surface area contributed by atoms with Crippen LogP contribution in [0.4, 0.5) is 0 Å². The zero-order valence-corrected chi connectivity index (χ0v) is 20.0. The zero-order chi connectivity index (χ0) is 24.0. The van der Waals surface area contributed by atoms with Crippen molar-refractivity contribution in [3.8, 4) is 0 Å². The molecule has 0 spiro atoms. The van der Waals surface area contributed by atoms with Crippen molar-refractivity contribution in [2.45, 2.75) is 50.9 Å². The molecule has 0 bridgehead atoms. The molecule has 0 radical (unpaired) electrons. The van der Waals surface area contributed by atoms with Crippen molar-refractivity contribution in [1.29, 1.82) is 0 Å². The van der Waals surface area contributed by atoms with Gasteiger partial charge in [-0.3, -0.25) is 14.4 Å². The summed E-state index contributed by atoms with van der Waals surface area (Å²) in [5, 5.41) is 16.8. The lowest BCUT2D eigenvalue weighted by Gasteiger charge is -2.31. The van der Waals surface area contributed by atoms with Gasteiger partial charge in [-0.15, -0.1) is 11.8 Å². The SMILES string of the molecule is CC(C)(C)NC(=O)[C@@H]1CSCN1C(=O)[C@@H](O)[C@H](Cc1ccccc1)NC(=O)c1ccccc1. The number of aliphatic hydroxyl groups excluding tert-OH is 1. The first-order valence-corrected chi connectivity index (χ1v) is 12.1. The van der Waals surface area contributed by atoms with Crippen molar-refractivity contribution in [2.75, 3.05) is 11.6 Å². The number of carbonyl (C=O) groups is 3. The molecule has 3 N–H and O–H groups in total. The highest BCUT2D eigenvalue weighted by Crippen LogP contribution is 2.24. The number of rotatable bonds is 7. The van der Waals surface area contributed by atoms with Gasteiger partial charge < -0.3 is 20.6 Å². The van der Waals surface area contributed by atoms with Gasteiger partial charge in [-0.05, 0) is 44.9 Å². The minimum atomic E-state index is -1.50. The molecule has 33 heavy (non-hydrogen) atoms. The van der Waals surface area contributed by atoms with Crippen LogP contribution in [0.5, 0.6) is 0 Å². The summed E-state index contributed by atoms with van der Waals surface area (Å²) in [6.07, 6.45) is -1.23. The molecule has 1 aliphatic heterocycles. The molecule has 3 amide bonds. The quantitative estimate of drug-likeness (QED) is 0.578. The topological polar surface area (TPSA) is 98.7 Å². The second kappa shape index (κ2) is 10.9. The van der Waals surface area contributed by atoms with Crippen LogP contribution in [0.25, 0.3) is 0 Å². The molecule has 2 aromatic carbocycles. The van der Waals surface area contributed by atoms with E-state index in [4.69, 9.17) is 0 Å². The fraction of sp³-hybridized carbons (Fsp3) is 0.400. The zero-order valence-electron chi connectivity index (χ0n) is 19.2. The number of benzene rings is 2. The Morgan fingerprint density at radius 3 is 2.27 bits per heavy atom. The van der Waals surface area contributed by atoms with E-state index in [1.807, 2.05) is 57.2 Å². The minimum absolute atomic E-state index is 0.249. The largest absolute Gasteiger partial charge is 0.381 e. The van der Waals surface area contributed by atoms with Crippen LogP contribution >= 0.6 is 11.8 Å². The Bertz CT molecular complexity index is 963. The molecule has 7 nitrogen and oxygen atoms in total. The molecule has 3 atom stereocenters. The highest BCUT2D eigenvalue weighted by Gasteiger charge is 2.40. The maximum absolute atomic E-state index is 13.3. The first kappa shape index (κ1) is 24.8. The van der Waals surface area contributed by atoms with E-state index < -0.39 is 29.6 Å². The summed E-state index contributed by atoms with van der Waals surface area (Å²) in [6.45, 7) is 5.63. The second-order valence-corrected chi connectivity index (χ2v) is 10.1. The monoisotopic (exact) mass is 469 g/mol. The van der Waals surface area contributed by atoms with Crippen molar-refractivity contribution in [2.24, 2.45) is 0 Å². The van der Waals surface area contributed by atoms with Gasteiger partial charge in [-0.25, -0.2) is 0 Å². The predicted octanol–water partition coefficient (Wildman–Crippen LogP) is 2.20. The van der Waals surface area contributed by atoms with Crippen LogP contribution in [0.15, 0.2) is 60.7 Å². The minimum Gasteiger partial charge on any atom is -0.381 e. The van der Waals surface area contributed by atoms with Crippen molar-refractivity contribution in [1.82, 2.24) is 15.5 Å². The van der Waals surface area contributed by atoms with Crippen LogP contribution in [-0.4, -0.2) is 63.1 Å². The van der Waals surface area contributed by atoms with Gasteiger partial charge in [-0.1, -0.05) is 48.5 Å². The number of nitrogens with one attached hydrogen (secondary N) is 2. The van der Waals surface area contributed by atoms with Gasteiger partial charge in [0.25, 0.3) is 11.8 Å². The Morgan fingerprint density at radius 1 is 1.06 bits per heavy atom. The van der Waals surface area contributed by atoms with Gasteiger partial charge in [-0.2, -0.15) is 0 Å². The summed E-state index contributed by atoms with van der Waals surface area (Å²) in [5.41, 5.74) is 0.881. The standard InChI is InChI=1S/C25H31N3O4S/c1-25(2,3)27-23(31)20-15-33-16-28(20)24(32)21(29)19(14-17-10-6-4-7-11-17)26-22(30)18-12-8-5-9-13-18/h4-13,19-21,29H,14-16H2,1-3H3,(H,26,30)(H,27,31)/t19-,20-,21-/m0/s1.